The minimum atomic E-state index is 0.0669. The van der Waals surface area contributed by atoms with Crippen LogP contribution in [-0.4, -0.2) is 6.54 Å². The second kappa shape index (κ2) is 7.28. The number of nitrogens with one attached hydrogen (secondary N) is 1. The van der Waals surface area contributed by atoms with Gasteiger partial charge in [0.2, 0.25) is 0 Å². The lowest BCUT2D eigenvalue weighted by atomic mass is 9.99. The summed E-state index contributed by atoms with van der Waals surface area (Å²) in [6.07, 6.45) is 0. The Morgan fingerprint density at radius 1 is 1.05 bits per heavy atom. The zero-order valence-electron chi connectivity index (χ0n) is 10.8. The van der Waals surface area contributed by atoms with Crippen LogP contribution < -0.4 is 5.32 Å². The molecule has 2 rings (SSSR count). The molecule has 1 unspecified atom stereocenters. The van der Waals surface area contributed by atoms with Gasteiger partial charge in [-0.1, -0.05) is 74.1 Å². The van der Waals surface area contributed by atoms with Crippen molar-refractivity contribution in [3.05, 3.63) is 66.5 Å². The molecule has 0 saturated carbocycles. The van der Waals surface area contributed by atoms with Gasteiger partial charge in [0.1, 0.15) is 0 Å². The Morgan fingerprint density at radius 2 is 1.80 bits per heavy atom. The topological polar surface area (TPSA) is 12.0 Å². The van der Waals surface area contributed by atoms with E-state index in [0.717, 1.165) is 26.6 Å². The second-order valence-electron chi connectivity index (χ2n) is 4.33. The number of hydrogen-bond donors (Lipinski definition) is 1. The molecular weight excluding hydrogens is 425 g/mol. The first-order valence-electron chi connectivity index (χ1n) is 6.16. The van der Waals surface area contributed by atoms with Crippen molar-refractivity contribution in [3.63, 3.8) is 0 Å². The van der Waals surface area contributed by atoms with Gasteiger partial charge in [0.15, 0.2) is 0 Å². The van der Waals surface area contributed by atoms with Crippen LogP contribution in [0.2, 0.25) is 10.0 Å². The van der Waals surface area contributed by atoms with E-state index in [1.807, 2.05) is 30.3 Å². The molecule has 0 radical (unpaired) electrons. The highest BCUT2D eigenvalue weighted by Crippen LogP contribution is 2.33. The first-order valence-corrected chi connectivity index (χ1v) is 8.50. The van der Waals surface area contributed by atoms with E-state index in [9.17, 15) is 0 Å². The van der Waals surface area contributed by atoms with Gasteiger partial charge in [0.25, 0.3) is 0 Å². The largest absolute Gasteiger partial charge is 0.306 e. The van der Waals surface area contributed by atoms with Crippen LogP contribution in [0.5, 0.6) is 0 Å². The fraction of sp³-hybridized carbons (Fsp3) is 0.200. The zero-order chi connectivity index (χ0) is 14.7. The van der Waals surface area contributed by atoms with Crippen molar-refractivity contribution in [2.75, 3.05) is 6.54 Å². The SMILES string of the molecule is CCNC(c1ccc(Cl)c(Cl)c1)c1ccc(Br)cc1Br. The van der Waals surface area contributed by atoms with Crippen molar-refractivity contribution >= 4 is 55.1 Å². The molecule has 0 aliphatic rings. The van der Waals surface area contributed by atoms with Crippen LogP contribution in [-0.2, 0) is 0 Å². The summed E-state index contributed by atoms with van der Waals surface area (Å²) in [5, 5.41) is 4.61. The molecule has 2 aromatic rings. The molecule has 1 nitrogen and oxygen atoms in total. The van der Waals surface area contributed by atoms with Crippen molar-refractivity contribution in [2.24, 2.45) is 0 Å². The summed E-state index contributed by atoms with van der Waals surface area (Å²) >= 11 is 19.2. The van der Waals surface area contributed by atoms with Gasteiger partial charge < -0.3 is 5.32 Å². The molecule has 0 aliphatic heterocycles. The minimum Gasteiger partial charge on any atom is -0.306 e. The standard InChI is InChI=1S/C15H13Br2Cl2N/c1-2-20-15(9-3-6-13(18)14(19)7-9)11-5-4-10(16)8-12(11)17/h3-8,15,20H,2H2,1H3. The molecule has 20 heavy (non-hydrogen) atoms. The van der Waals surface area contributed by atoms with Crippen molar-refractivity contribution in [2.45, 2.75) is 13.0 Å². The van der Waals surface area contributed by atoms with Crippen LogP contribution in [0.4, 0.5) is 0 Å². The zero-order valence-corrected chi connectivity index (χ0v) is 15.4. The average Bonchev–Trinajstić information content (AvgIpc) is 2.40. The molecule has 0 spiro atoms. The lowest BCUT2D eigenvalue weighted by molar-refractivity contribution is 0.628. The van der Waals surface area contributed by atoms with Crippen LogP contribution >= 0.6 is 55.1 Å². The van der Waals surface area contributed by atoms with Crippen molar-refractivity contribution in [3.8, 4) is 0 Å². The van der Waals surface area contributed by atoms with Gasteiger partial charge in [-0.25, -0.2) is 0 Å². The van der Waals surface area contributed by atoms with E-state index in [4.69, 9.17) is 23.2 Å². The molecule has 1 N–H and O–H groups in total. The number of benzene rings is 2. The molecule has 0 saturated heterocycles. The van der Waals surface area contributed by atoms with Gasteiger partial charge in [0.05, 0.1) is 16.1 Å². The molecule has 0 bridgehead atoms. The summed E-state index contributed by atoms with van der Waals surface area (Å²) in [5.74, 6) is 0. The molecule has 0 heterocycles. The maximum Gasteiger partial charge on any atom is 0.0595 e. The van der Waals surface area contributed by atoms with Crippen LogP contribution in [0.15, 0.2) is 45.3 Å². The fourth-order valence-corrected chi connectivity index (χ4v) is 3.62. The molecular formula is C15H13Br2Cl2N. The molecule has 106 valence electrons. The summed E-state index contributed by atoms with van der Waals surface area (Å²) in [4.78, 5) is 0. The van der Waals surface area contributed by atoms with Crippen molar-refractivity contribution in [1.82, 2.24) is 5.32 Å². The van der Waals surface area contributed by atoms with Crippen LogP contribution in [0.3, 0.4) is 0 Å². The average molecular weight is 438 g/mol. The molecule has 2 aromatic carbocycles. The van der Waals surface area contributed by atoms with E-state index < -0.39 is 0 Å². The molecule has 0 aliphatic carbocycles. The Morgan fingerprint density at radius 3 is 2.40 bits per heavy atom. The second-order valence-corrected chi connectivity index (χ2v) is 6.91. The van der Waals surface area contributed by atoms with Gasteiger partial charge >= 0.3 is 0 Å². The van der Waals surface area contributed by atoms with E-state index in [2.05, 4.69) is 50.2 Å². The Balaban J connectivity index is 2.47. The minimum absolute atomic E-state index is 0.0669. The van der Waals surface area contributed by atoms with Crippen LogP contribution in [0.1, 0.15) is 24.1 Å². The highest BCUT2D eigenvalue weighted by atomic mass is 79.9. The van der Waals surface area contributed by atoms with E-state index in [0.29, 0.717) is 10.0 Å². The van der Waals surface area contributed by atoms with Crippen molar-refractivity contribution < 1.29 is 0 Å². The van der Waals surface area contributed by atoms with E-state index in [1.54, 1.807) is 0 Å². The van der Waals surface area contributed by atoms with E-state index in [1.165, 1.54) is 0 Å². The smallest absolute Gasteiger partial charge is 0.0595 e. The number of hydrogen-bond acceptors (Lipinski definition) is 1. The Hall–Kier alpha value is -0.0600. The summed E-state index contributed by atoms with van der Waals surface area (Å²) in [6, 6.07) is 12.0. The van der Waals surface area contributed by atoms with Gasteiger partial charge in [-0.05, 0) is 41.9 Å². The van der Waals surface area contributed by atoms with Gasteiger partial charge in [0, 0.05) is 8.95 Å². The quantitative estimate of drug-likeness (QED) is 0.598. The lowest BCUT2D eigenvalue weighted by Gasteiger charge is -2.21. The number of halogens is 4. The van der Waals surface area contributed by atoms with E-state index in [-0.39, 0.29) is 6.04 Å². The van der Waals surface area contributed by atoms with Gasteiger partial charge in [-0.15, -0.1) is 0 Å². The highest BCUT2D eigenvalue weighted by molar-refractivity contribution is 9.11. The third-order valence-corrected chi connectivity index (χ3v) is 4.88. The molecule has 1 atom stereocenters. The maximum absolute atomic E-state index is 6.13. The van der Waals surface area contributed by atoms with E-state index >= 15 is 0 Å². The van der Waals surface area contributed by atoms with Crippen molar-refractivity contribution in [1.29, 1.82) is 0 Å². The predicted molar refractivity (Wildman–Crippen MR) is 93.8 cm³/mol. The summed E-state index contributed by atoms with van der Waals surface area (Å²) in [6.45, 7) is 2.94. The first kappa shape index (κ1) is 16.3. The third-order valence-electron chi connectivity index (χ3n) is 2.96. The van der Waals surface area contributed by atoms with Gasteiger partial charge in [-0.2, -0.15) is 0 Å². The Labute approximate surface area is 145 Å². The molecule has 5 heteroatoms. The predicted octanol–water partition coefficient (Wildman–Crippen LogP) is 6.22. The maximum atomic E-state index is 6.13. The summed E-state index contributed by atoms with van der Waals surface area (Å²) < 4.78 is 2.08. The molecule has 0 amide bonds. The Bertz CT molecular complexity index is 617. The molecule has 0 fully saturated rings. The van der Waals surface area contributed by atoms with Crippen LogP contribution in [0, 0.1) is 0 Å². The monoisotopic (exact) mass is 435 g/mol. The molecule has 0 aromatic heterocycles. The fourth-order valence-electron chi connectivity index (χ4n) is 2.04. The van der Waals surface area contributed by atoms with Gasteiger partial charge in [-0.3, -0.25) is 0 Å². The highest BCUT2D eigenvalue weighted by Gasteiger charge is 2.17. The lowest BCUT2D eigenvalue weighted by Crippen LogP contribution is -2.22. The summed E-state index contributed by atoms with van der Waals surface area (Å²) in [7, 11) is 0. The normalized spacial score (nSPS) is 12.4. The Kier molecular flexibility index (Phi) is 5.94. The first-order chi connectivity index (χ1) is 9.52. The summed E-state index contributed by atoms with van der Waals surface area (Å²) in [5.41, 5.74) is 2.25. The third kappa shape index (κ3) is 3.77. The van der Waals surface area contributed by atoms with Crippen LogP contribution in [0.25, 0.3) is 0 Å². The number of rotatable bonds is 4.